The van der Waals surface area contributed by atoms with Gasteiger partial charge >= 0.3 is 0 Å². The maximum Gasteiger partial charge on any atom is 0.144 e. The Morgan fingerprint density at radius 1 is 1.00 bits per heavy atom. The third kappa shape index (κ3) is 1.97. The summed E-state index contributed by atoms with van der Waals surface area (Å²) in [7, 11) is 0. The molecule has 15 heavy (non-hydrogen) atoms. The number of hydrogen-bond donors (Lipinski definition) is 0. The summed E-state index contributed by atoms with van der Waals surface area (Å²) in [6.45, 7) is 0. The molecule has 0 saturated carbocycles. The molecule has 0 saturated heterocycles. The van der Waals surface area contributed by atoms with Gasteiger partial charge in [0, 0.05) is 12.2 Å². The summed E-state index contributed by atoms with van der Waals surface area (Å²) in [4.78, 5) is 5.92. The van der Waals surface area contributed by atoms with E-state index in [1.54, 1.807) is 11.1 Å². The molecule has 0 aliphatic rings. The van der Waals surface area contributed by atoms with Gasteiger partial charge in [0.25, 0.3) is 0 Å². The quantitative estimate of drug-likeness (QED) is 0.540. The lowest BCUT2D eigenvalue weighted by Crippen LogP contribution is -2.09. The van der Waals surface area contributed by atoms with Crippen molar-refractivity contribution in [2.75, 3.05) is 4.90 Å². The third-order valence-electron chi connectivity index (χ3n) is 2.02. The zero-order chi connectivity index (χ0) is 10.5. The van der Waals surface area contributed by atoms with Gasteiger partial charge in [-0.05, 0) is 24.3 Å². The number of terminal acetylenes is 1. The normalized spacial score (nSPS) is 9.27. The second-order valence-electron chi connectivity index (χ2n) is 2.99. The van der Waals surface area contributed by atoms with E-state index in [1.807, 2.05) is 48.5 Å². The molecule has 2 nitrogen and oxygen atoms in total. The SMILES string of the molecule is C#CN(c1ccccc1)c1ccccn1. The lowest BCUT2D eigenvalue weighted by molar-refractivity contribution is 1.20. The average molecular weight is 194 g/mol. The lowest BCUT2D eigenvalue weighted by atomic mass is 10.3. The molecule has 0 unspecified atom stereocenters. The molecule has 1 aromatic carbocycles. The molecule has 0 bridgehead atoms. The number of pyridine rings is 1. The van der Waals surface area contributed by atoms with E-state index in [9.17, 15) is 0 Å². The van der Waals surface area contributed by atoms with Gasteiger partial charge in [-0.25, -0.2) is 4.98 Å². The highest BCUT2D eigenvalue weighted by molar-refractivity contribution is 5.64. The monoisotopic (exact) mass is 194 g/mol. The van der Waals surface area contributed by atoms with Crippen LogP contribution in [0.25, 0.3) is 0 Å². The summed E-state index contributed by atoms with van der Waals surface area (Å²) < 4.78 is 0. The Morgan fingerprint density at radius 3 is 2.33 bits per heavy atom. The van der Waals surface area contributed by atoms with Crippen LogP contribution >= 0.6 is 0 Å². The van der Waals surface area contributed by atoms with E-state index in [-0.39, 0.29) is 0 Å². The molecule has 0 amide bonds. The molecule has 0 N–H and O–H groups in total. The largest absolute Gasteiger partial charge is 0.253 e. The van der Waals surface area contributed by atoms with Gasteiger partial charge in [0.15, 0.2) is 0 Å². The highest BCUT2D eigenvalue weighted by Gasteiger charge is 2.05. The Morgan fingerprint density at radius 2 is 1.73 bits per heavy atom. The molecule has 0 radical (unpaired) electrons. The van der Waals surface area contributed by atoms with Crippen molar-refractivity contribution in [1.82, 2.24) is 4.98 Å². The van der Waals surface area contributed by atoms with Crippen LogP contribution in [-0.2, 0) is 0 Å². The standard InChI is InChI=1S/C13H10N2/c1-2-15(12-8-4-3-5-9-12)13-10-6-7-11-14-13/h1,3-11H. The Bertz CT molecular complexity index is 417. The number of hydrogen-bond acceptors (Lipinski definition) is 2. The number of para-hydroxylation sites is 1. The van der Waals surface area contributed by atoms with E-state index in [0.29, 0.717) is 0 Å². The fraction of sp³-hybridized carbons (Fsp3) is 0. The zero-order valence-electron chi connectivity index (χ0n) is 8.17. The molecule has 1 aromatic heterocycles. The molecule has 0 aliphatic heterocycles. The average Bonchev–Trinajstić information content (AvgIpc) is 2.33. The van der Waals surface area contributed by atoms with E-state index >= 15 is 0 Å². The molecule has 0 atom stereocenters. The topological polar surface area (TPSA) is 16.1 Å². The van der Waals surface area contributed by atoms with Crippen LogP contribution in [0.1, 0.15) is 0 Å². The predicted octanol–water partition coefficient (Wildman–Crippen LogP) is 2.81. The van der Waals surface area contributed by atoms with Crippen molar-refractivity contribution in [3.8, 4) is 12.5 Å². The Labute approximate surface area is 89.2 Å². The van der Waals surface area contributed by atoms with Crippen molar-refractivity contribution in [3.63, 3.8) is 0 Å². The maximum absolute atomic E-state index is 5.47. The van der Waals surface area contributed by atoms with Crippen LogP contribution in [0.15, 0.2) is 54.7 Å². The molecule has 0 aliphatic carbocycles. The van der Waals surface area contributed by atoms with Gasteiger partial charge in [-0.1, -0.05) is 30.7 Å². The Balaban J connectivity index is 2.39. The minimum absolute atomic E-state index is 0.756. The molecule has 2 rings (SSSR count). The van der Waals surface area contributed by atoms with E-state index in [2.05, 4.69) is 11.0 Å². The van der Waals surface area contributed by atoms with Gasteiger partial charge in [0.05, 0.1) is 5.69 Å². The summed E-state index contributed by atoms with van der Waals surface area (Å²) in [5.74, 6) is 0.756. The molecule has 1 heterocycles. The second-order valence-corrected chi connectivity index (χ2v) is 2.99. The number of anilines is 2. The molecule has 72 valence electrons. The van der Waals surface area contributed by atoms with Crippen molar-refractivity contribution in [2.24, 2.45) is 0 Å². The highest BCUT2D eigenvalue weighted by atomic mass is 15.2. The molecular formula is C13H10N2. The van der Waals surface area contributed by atoms with E-state index in [4.69, 9.17) is 6.42 Å². The van der Waals surface area contributed by atoms with Gasteiger partial charge in [-0.3, -0.25) is 4.90 Å². The van der Waals surface area contributed by atoms with Crippen LogP contribution in [-0.4, -0.2) is 4.98 Å². The summed E-state index contributed by atoms with van der Waals surface area (Å²) in [5, 5.41) is 0. The lowest BCUT2D eigenvalue weighted by Gasteiger charge is -2.15. The molecule has 0 spiro atoms. The first-order valence-corrected chi connectivity index (χ1v) is 4.64. The number of nitrogens with zero attached hydrogens (tertiary/aromatic N) is 2. The fourth-order valence-corrected chi connectivity index (χ4v) is 1.34. The van der Waals surface area contributed by atoms with Gasteiger partial charge in [0.1, 0.15) is 5.82 Å². The van der Waals surface area contributed by atoms with Gasteiger partial charge in [0.2, 0.25) is 0 Å². The summed E-state index contributed by atoms with van der Waals surface area (Å²) in [5.41, 5.74) is 0.943. The van der Waals surface area contributed by atoms with Gasteiger partial charge in [-0.2, -0.15) is 0 Å². The molecule has 2 heteroatoms. The number of benzene rings is 1. The van der Waals surface area contributed by atoms with E-state index in [1.165, 1.54) is 0 Å². The third-order valence-corrected chi connectivity index (χ3v) is 2.02. The smallest absolute Gasteiger partial charge is 0.144 e. The highest BCUT2D eigenvalue weighted by Crippen LogP contribution is 2.21. The molecular weight excluding hydrogens is 184 g/mol. The van der Waals surface area contributed by atoms with Crippen LogP contribution in [0, 0.1) is 12.5 Å². The predicted molar refractivity (Wildman–Crippen MR) is 61.7 cm³/mol. The van der Waals surface area contributed by atoms with Crippen molar-refractivity contribution < 1.29 is 0 Å². The van der Waals surface area contributed by atoms with Gasteiger partial charge in [-0.15, -0.1) is 0 Å². The summed E-state index contributed by atoms with van der Waals surface area (Å²) >= 11 is 0. The maximum atomic E-state index is 5.47. The minimum atomic E-state index is 0.756. The minimum Gasteiger partial charge on any atom is -0.253 e. The number of rotatable bonds is 2. The second kappa shape index (κ2) is 4.30. The zero-order valence-corrected chi connectivity index (χ0v) is 8.17. The van der Waals surface area contributed by atoms with Crippen LogP contribution in [0.5, 0.6) is 0 Å². The molecule has 2 aromatic rings. The first kappa shape index (κ1) is 9.29. The number of aromatic nitrogens is 1. The van der Waals surface area contributed by atoms with Gasteiger partial charge < -0.3 is 0 Å². The van der Waals surface area contributed by atoms with E-state index < -0.39 is 0 Å². The van der Waals surface area contributed by atoms with Crippen LogP contribution in [0.4, 0.5) is 11.5 Å². The van der Waals surface area contributed by atoms with Crippen molar-refractivity contribution >= 4 is 11.5 Å². The van der Waals surface area contributed by atoms with Crippen LogP contribution < -0.4 is 4.90 Å². The Kier molecular flexibility index (Phi) is 2.66. The van der Waals surface area contributed by atoms with Crippen LogP contribution in [0.3, 0.4) is 0 Å². The first-order chi connectivity index (χ1) is 7.42. The molecule has 0 fully saturated rings. The van der Waals surface area contributed by atoms with Crippen LogP contribution in [0.2, 0.25) is 0 Å². The van der Waals surface area contributed by atoms with E-state index in [0.717, 1.165) is 11.5 Å². The van der Waals surface area contributed by atoms with Crippen molar-refractivity contribution in [3.05, 3.63) is 54.7 Å². The van der Waals surface area contributed by atoms with Crippen molar-refractivity contribution in [2.45, 2.75) is 0 Å². The summed E-state index contributed by atoms with van der Waals surface area (Å²) in [6.07, 6.45) is 7.20. The first-order valence-electron chi connectivity index (χ1n) is 4.64. The Hall–Kier alpha value is -2.27. The fourth-order valence-electron chi connectivity index (χ4n) is 1.34. The summed E-state index contributed by atoms with van der Waals surface area (Å²) in [6, 6.07) is 18.0. The van der Waals surface area contributed by atoms with Crippen molar-refractivity contribution in [1.29, 1.82) is 0 Å².